The molecule has 0 saturated carbocycles. The highest BCUT2D eigenvalue weighted by molar-refractivity contribution is 6.30. The number of hydrogen-bond donors (Lipinski definition) is 2. The van der Waals surface area contributed by atoms with Gasteiger partial charge in [0.15, 0.2) is 0 Å². The number of benzene rings is 1. The monoisotopic (exact) mass is 402 g/mol. The maximum Gasteiger partial charge on any atom is 0.230 e. The number of carbonyl (C=O) groups is 1. The van der Waals surface area contributed by atoms with Gasteiger partial charge in [0, 0.05) is 24.1 Å². The first-order chi connectivity index (χ1) is 12.0. The first-order valence-electron chi connectivity index (χ1n) is 9.26. The van der Waals surface area contributed by atoms with Crippen LogP contribution in [-0.4, -0.2) is 39.3 Å². The minimum atomic E-state index is -0.508. The van der Waals surface area contributed by atoms with Crippen molar-refractivity contribution in [2.45, 2.75) is 44.9 Å². The van der Waals surface area contributed by atoms with E-state index in [1.807, 2.05) is 24.3 Å². The lowest BCUT2D eigenvalue weighted by molar-refractivity contribution is -0.128. The van der Waals surface area contributed by atoms with Gasteiger partial charge in [-0.1, -0.05) is 37.6 Å². The Kier molecular flexibility index (Phi) is 9.39. The molecule has 0 spiro atoms. The first kappa shape index (κ1) is 23.2. The molecule has 6 heteroatoms. The summed E-state index contributed by atoms with van der Waals surface area (Å²) in [7, 11) is 1.74. The van der Waals surface area contributed by atoms with Crippen molar-refractivity contribution in [3.8, 4) is 0 Å². The highest BCUT2D eigenvalue weighted by Crippen LogP contribution is 2.34. The molecule has 0 unspecified atom stereocenters. The minimum absolute atomic E-state index is 0. The highest BCUT2D eigenvalue weighted by Gasteiger charge is 2.39. The van der Waals surface area contributed by atoms with E-state index in [1.54, 1.807) is 7.11 Å². The number of nitrogens with one attached hydrogen (secondary N) is 2. The second-order valence-electron chi connectivity index (χ2n) is 7.16. The molecule has 1 aliphatic rings. The summed E-state index contributed by atoms with van der Waals surface area (Å²) in [5.41, 5.74) is 0.555. The molecule has 0 aliphatic carbocycles. The first-order valence-corrected chi connectivity index (χ1v) is 9.64. The number of rotatable bonds is 8. The van der Waals surface area contributed by atoms with Crippen molar-refractivity contribution >= 4 is 29.9 Å². The highest BCUT2D eigenvalue weighted by atomic mass is 35.5. The molecule has 1 aromatic carbocycles. The number of carbonyl (C=O) groups excluding carboxylic acids is 1. The Labute approximate surface area is 168 Å². The van der Waals surface area contributed by atoms with Crippen LogP contribution in [0.25, 0.3) is 0 Å². The fraction of sp³-hybridized carbons (Fsp3) is 0.650. The number of amides is 1. The number of ether oxygens (including phenoxy) is 1. The Bertz CT molecular complexity index is 548. The lowest BCUT2D eigenvalue weighted by Crippen LogP contribution is -2.51. The predicted molar refractivity (Wildman–Crippen MR) is 110 cm³/mol. The zero-order valence-electron chi connectivity index (χ0n) is 16.1. The Morgan fingerprint density at radius 1 is 1.23 bits per heavy atom. The van der Waals surface area contributed by atoms with Crippen LogP contribution < -0.4 is 10.6 Å². The lowest BCUT2D eigenvalue weighted by Gasteiger charge is -2.39. The van der Waals surface area contributed by atoms with Gasteiger partial charge in [-0.05, 0) is 56.5 Å². The topological polar surface area (TPSA) is 50.4 Å². The number of methoxy groups -OCH3 is 1. The van der Waals surface area contributed by atoms with Crippen molar-refractivity contribution in [1.82, 2.24) is 10.6 Å². The van der Waals surface area contributed by atoms with Gasteiger partial charge in [0.1, 0.15) is 0 Å². The summed E-state index contributed by atoms with van der Waals surface area (Å²) in [5, 5.41) is 7.34. The molecular formula is C20H32Cl2N2O2. The average molecular weight is 403 g/mol. The molecule has 1 fully saturated rings. The fourth-order valence-electron chi connectivity index (χ4n) is 3.95. The third kappa shape index (κ3) is 5.13. The maximum atomic E-state index is 13.2. The standard InChI is InChI=1S/C20H31ClN2O2.ClH/c1-4-20(5-2,16-6-8-17(21)9-7-16)18(24)23-14-19(15-25-3)10-12-22-13-11-19;/h6-9,22H,4-5,10-15H2,1-3H3,(H,23,24);1H. The molecule has 26 heavy (non-hydrogen) atoms. The van der Waals surface area contributed by atoms with E-state index in [-0.39, 0.29) is 23.7 Å². The van der Waals surface area contributed by atoms with Gasteiger partial charge in [-0.25, -0.2) is 0 Å². The molecular weight excluding hydrogens is 371 g/mol. The van der Waals surface area contributed by atoms with Crippen LogP contribution in [0.1, 0.15) is 45.1 Å². The second-order valence-corrected chi connectivity index (χ2v) is 7.60. The van der Waals surface area contributed by atoms with Crippen LogP contribution in [0.3, 0.4) is 0 Å². The van der Waals surface area contributed by atoms with E-state index < -0.39 is 5.41 Å². The minimum Gasteiger partial charge on any atom is -0.384 e. The van der Waals surface area contributed by atoms with Crippen molar-refractivity contribution in [1.29, 1.82) is 0 Å². The van der Waals surface area contributed by atoms with Gasteiger partial charge in [0.05, 0.1) is 12.0 Å². The Morgan fingerprint density at radius 3 is 2.31 bits per heavy atom. The van der Waals surface area contributed by atoms with Crippen LogP contribution in [0, 0.1) is 5.41 Å². The molecule has 0 atom stereocenters. The molecule has 2 N–H and O–H groups in total. The molecule has 1 saturated heterocycles. The molecule has 1 aliphatic heterocycles. The van der Waals surface area contributed by atoms with E-state index in [1.165, 1.54) is 0 Å². The Hall–Kier alpha value is -0.810. The van der Waals surface area contributed by atoms with Gasteiger partial charge < -0.3 is 15.4 Å². The van der Waals surface area contributed by atoms with Gasteiger partial charge in [-0.3, -0.25) is 4.79 Å². The van der Waals surface area contributed by atoms with Crippen LogP contribution in [0.5, 0.6) is 0 Å². The Morgan fingerprint density at radius 2 is 1.81 bits per heavy atom. The predicted octanol–water partition coefficient (Wildman–Crippen LogP) is 3.95. The SMILES string of the molecule is CCC(CC)(C(=O)NCC1(COC)CCNCC1)c1ccc(Cl)cc1.Cl. The van der Waals surface area contributed by atoms with Crippen LogP contribution >= 0.6 is 24.0 Å². The van der Waals surface area contributed by atoms with E-state index in [2.05, 4.69) is 24.5 Å². The number of hydrogen-bond acceptors (Lipinski definition) is 3. The maximum absolute atomic E-state index is 13.2. The summed E-state index contributed by atoms with van der Waals surface area (Å²) < 4.78 is 5.46. The van der Waals surface area contributed by atoms with Crippen LogP contribution in [0.2, 0.25) is 5.02 Å². The molecule has 0 radical (unpaired) electrons. The van der Waals surface area contributed by atoms with Crippen molar-refractivity contribution < 1.29 is 9.53 Å². The van der Waals surface area contributed by atoms with Crippen LogP contribution in [0.15, 0.2) is 24.3 Å². The quantitative estimate of drug-likeness (QED) is 0.691. The largest absolute Gasteiger partial charge is 0.384 e. The summed E-state index contributed by atoms with van der Waals surface area (Å²) >= 11 is 6.02. The van der Waals surface area contributed by atoms with Crippen LogP contribution in [0.4, 0.5) is 0 Å². The third-order valence-electron chi connectivity index (χ3n) is 5.78. The van der Waals surface area contributed by atoms with Gasteiger partial charge >= 0.3 is 0 Å². The summed E-state index contributed by atoms with van der Waals surface area (Å²) in [6.07, 6.45) is 3.56. The van der Waals surface area contributed by atoms with Crippen molar-refractivity contribution in [2.24, 2.45) is 5.41 Å². The van der Waals surface area contributed by atoms with Gasteiger partial charge in [0.2, 0.25) is 5.91 Å². The molecule has 1 aromatic rings. The zero-order chi connectivity index (χ0) is 18.3. The van der Waals surface area contributed by atoms with Gasteiger partial charge in [-0.2, -0.15) is 0 Å². The van der Waals surface area contributed by atoms with Gasteiger partial charge in [-0.15, -0.1) is 12.4 Å². The van der Waals surface area contributed by atoms with E-state index >= 15 is 0 Å². The van der Waals surface area contributed by atoms with Crippen molar-refractivity contribution in [2.75, 3.05) is 33.4 Å². The Balaban J connectivity index is 0.00000338. The van der Waals surface area contributed by atoms with Gasteiger partial charge in [0.25, 0.3) is 0 Å². The summed E-state index contributed by atoms with van der Waals surface area (Å²) in [5.74, 6) is 0.105. The summed E-state index contributed by atoms with van der Waals surface area (Å²) in [6.45, 7) is 7.45. The normalized spacial score (nSPS) is 16.6. The number of halogens is 2. The zero-order valence-corrected chi connectivity index (χ0v) is 17.6. The van der Waals surface area contributed by atoms with E-state index in [0.717, 1.165) is 44.3 Å². The average Bonchev–Trinajstić information content (AvgIpc) is 2.64. The molecule has 1 heterocycles. The summed E-state index contributed by atoms with van der Waals surface area (Å²) in [6, 6.07) is 7.68. The molecule has 4 nitrogen and oxygen atoms in total. The molecule has 0 aromatic heterocycles. The fourth-order valence-corrected chi connectivity index (χ4v) is 4.08. The number of piperidine rings is 1. The molecule has 2 rings (SSSR count). The van der Waals surface area contributed by atoms with Crippen molar-refractivity contribution in [3.05, 3.63) is 34.9 Å². The smallest absolute Gasteiger partial charge is 0.230 e. The van der Waals surface area contributed by atoms with E-state index in [0.29, 0.717) is 18.2 Å². The second kappa shape index (κ2) is 10.5. The molecule has 0 bridgehead atoms. The van der Waals surface area contributed by atoms with E-state index in [4.69, 9.17) is 16.3 Å². The third-order valence-corrected chi connectivity index (χ3v) is 6.03. The molecule has 1 amide bonds. The summed E-state index contributed by atoms with van der Waals surface area (Å²) in [4.78, 5) is 13.2. The van der Waals surface area contributed by atoms with Crippen LogP contribution in [-0.2, 0) is 14.9 Å². The molecule has 148 valence electrons. The van der Waals surface area contributed by atoms with Crippen molar-refractivity contribution in [3.63, 3.8) is 0 Å². The van der Waals surface area contributed by atoms with E-state index in [9.17, 15) is 4.79 Å². The lowest BCUT2D eigenvalue weighted by atomic mass is 9.74.